The highest BCUT2D eigenvalue weighted by atomic mass is 35.5. The summed E-state index contributed by atoms with van der Waals surface area (Å²) in [6, 6.07) is 7.46. The van der Waals surface area contributed by atoms with Crippen molar-refractivity contribution in [3.63, 3.8) is 0 Å². The smallest absolute Gasteiger partial charge is 0.352 e. The van der Waals surface area contributed by atoms with E-state index in [0.29, 0.717) is 11.4 Å². The van der Waals surface area contributed by atoms with Crippen LogP contribution in [0.15, 0.2) is 30.3 Å². The molecule has 1 aromatic carbocycles. The Bertz CT molecular complexity index is 557. The van der Waals surface area contributed by atoms with Crippen LogP contribution in [-0.2, 0) is 0 Å². The number of aromatic amines is 1. The predicted octanol–water partition coefficient (Wildman–Crippen LogP) is 3.12. The minimum absolute atomic E-state index is 0.197. The van der Waals surface area contributed by atoms with Crippen molar-refractivity contribution < 1.29 is 9.90 Å². The van der Waals surface area contributed by atoms with E-state index in [9.17, 15) is 4.79 Å². The van der Waals surface area contributed by atoms with Gasteiger partial charge in [0.1, 0.15) is 5.69 Å². The molecule has 0 aliphatic rings. The van der Waals surface area contributed by atoms with Gasteiger partial charge in [0.25, 0.3) is 0 Å². The molecule has 1 heterocycles. The number of carboxylic acids is 1. The molecule has 4 heteroatoms. The maximum atomic E-state index is 11.1. The first-order valence-corrected chi connectivity index (χ1v) is 5.34. The molecule has 16 heavy (non-hydrogen) atoms. The van der Waals surface area contributed by atoms with E-state index >= 15 is 0 Å². The van der Waals surface area contributed by atoms with Crippen molar-refractivity contribution in [2.45, 2.75) is 0 Å². The first-order chi connectivity index (χ1) is 7.74. The third kappa shape index (κ3) is 1.82. The molecule has 0 unspecified atom stereocenters. The quantitative estimate of drug-likeness (QED) is 0.803. The van der Waals surface area contributed by atoms with Gasteiger partial charge in [-0.15, -0.1) is 11.6 Å². The lowest BCUT2D eigenvalue weighted by molar-refractivity contribution is 0.0691. The Hall–Kier alpha value is -1.74. The molecule has 3 nitrogen and oxygen atoms in total. The van der Waals surface area contributed by atoms with Gasteiger partial charge < -0.3 is 10.1 Å². The fraction of sp³-hybridized carbons (Fsp3) is 0.0833. The topological polar surface area (TPSA) is 53.1 Å². The van der Waals surface area contributed by atoms with Crippen molar-refractivity contribution in [3.8, 4) is 0 Å². The molecule has 2 rings (SSSR count). The van der Waals surface area contributed by atoms with Crippen LogP contribution in [0.1, 0.15) is 16.1 Å². The molecule has 0 saturated carbocycles. The summed E-state index contributed by atoms with van der Waals surface area (Å²) < 4.78 is 0. The molecular weight excluding hydrogens is 226 g/mol. The van der Waals surface area contributed by atoms with Crippen molar-refractivity contribution in [1.29, 1.82) is 0 Å². The van der Waals surface area contributed by atoms with E-state index in [4.69, 9.17) is 16.7 Å². The zero-order valence-corrected chi connectivity index (χ0v) is 9.16. The lowest BCUT2D eigenvalue weighted by Gasteiger charge is -1.93. The van der Waals surface area contributed by atoms with E-state index in [2.05, 4.69) is 4.98 Å². The standard InChI is InChI=1S/C12H10ClNO2/c13-7-3-5-9-8-4-1-2-6-10(8)14-11(9)12(15)16/h1-6,14H,7H2,(H,15,16). The number of aromatic carboxylic acids is 1. The fourth-order valence-electron chi connectivity index (χ4n) is 1.67. The molecule has 0 aliphatic heterocycles. The zero-order valence-electron chi connectivity index (χ0n) is 8.40. The zero-order chi connectivity index (χ0) is 11.5. The summed E-state index contributed by atoms with van der Waals surface area (Å²) in [5, 5.41) is 9.96. The van der Waals surface area contributed by atoms with E-state index in [1.807, 2.05) is 24.3 Å². The van der Waals surface area contributed by atoms with Crippen molar-refractivity contribution in [3.05, 3.63) is 41.6 Å². The number of para-hydroxylation sites is 1. The number of H-pyrrole nitrogens is 1. The highest BCUT2D eigenvalue weighted by molar-refractivity contribution is 6.19. The average Bonchev–Trinajstić information content (AvgIpc) is 2.65. The SMILES string of the molecule is O=C(O)c1[nH]c2ccccc2c1C=CCCl. The van der Waals surface area contributed by atoms with Crippen LogP contribution in [0, 0.1) is 0 Å². The van der Waals surface area contributed by atoms with Gasteiger partial charge in [0.2, 0.25) is 0 Å². The van der Waals surface area contributed by atoms with Crippen molar-refractivity contribution in [1.82, 2.24) is 4.98 Å². The molecule has 0 atom stereocenters. The summed E-state index contributed by atoms with van der Waals surface area (Å²) >= 11 is 5.56. The summed E-state index contributed by atoms with van der Waals surface area (Å²) in [6.45, 7) is 0. The van der Waals surface area contributed by atoms with E-state index in [1.165, 1.54) is 0 Å². The maximum absolute atomic E-state index is 11.1. The van der Waals surface area contributed by atoms with E-state index in [0.717, 1.165) is 10.9 Å². The Morgan fingerprint density at radius 3 is 2.88 bits per heavy atom. The number of hydrogen-bond donors (Lipinski definition) is 2. The molecule has 0 amide bonds. The van der Waals surface area contributed by atoms with Crippen LogP contribution in [-0.4, -0.2) is 21.9 Å². The van der Waals surface area contributed by atoms with E-state index in [-0.39, 0.29) is 5.69 Å². The van der Waals surface area contributed by atoms with Crippen LogP contribution in [0.4, 0.5) is 0 Å². The summed E-state index contributed by atoms with van der Waals surface area (Å²) in [7, 11) is 0. The largest absolute Gasteiger partial charge is 0.477 e. The van der Waals surface area contributed by atoms with Gasteiger partial charge in [0, 0.05) is 22.3 Å². The number of carbonyl (C=O) groups is 1. The molecule has 82 valence electrons. The van der Waals surface area contributed by atoms with Gasteiger partial charge in [-0.2, -0.15) is 0 Å². The normalized spacial score (nSPS) is 11.3. The summed E-state index contributed by atoms with van der Waals surface area (Å²) in [5.41, 5.74) is 1.68. The Balaban J connectivity index is 2.69. The molecule has 0 bridgehead atoms. The van der Waals surface area contributed by atoms with E-state index in [1.54, 1.807) is 12.2 Å². The monoisotopic (exact) mass is 235 g/mol. The maximum Gasteiger partial charge on any atom is 0.352 e. The predicted molar refractivity (Wildman–Crippen MR) is 65.0 cm³/mol. The van der Waals surface area contributed by atoms with Crippen LogP contribution >= 0.6 is 11.6 Å². The lowest BCUT2D eigenvalue weighted by atomic mass is 10.1. The van der Waals surface area contributed by atoms with Crippen molar-refractivity contribution >= 4 is 34.5 Å². The van der Waals surface area contributed by atoms with Crippen LogP contribution in [0.5, 0.6) is 0 Å². The molecular formula is C12H10ClNO2. The number of rotatable bonds is 3. The van der Waals surface area contributed by atoms with Crippen LogP contribution in [0.3, 0.4) is 0 Å². The molecule has 0 spiro atoms. The first-order valence-electron chi connectivity index (χ1n) is 4.80. The highest BCUT2D eigenvalue weighted by Crippen LogP contribution is 2.23. The number of allylic oxidation sites excluding steroid dienone is 1. The lowest BCUT2D eigenvalue weighted by Crippen LogP contribution is -1.98. The molecule has 0 aliphatic carbocycles. The van der Waals surface area contributed by atoms with Gasteiger partial charge in [-0.3, -0.25) is 0 Å². The number of carboxylic acid groups (broad SMARTS) is 1. The first kappa shape index (κ1) is 10.8. The second kappa shape index (κ2) is 4.41. The summed E-state index contributed by atoms with van der Waals surface area (Å²) in [6.07, 6.45) is 3.46. The molecule has 0 saturated heterocycles. The van der Waals surface area contributed by atoms with Gasteiger partial charge >= 0.3 is 5.97 Å². The van der Waals surface area contributed by atoms with Gasteiger partial charge in [0.15, 0.2) is 0 Å². The van der Waals surface area contributed by atoms with Crippen LogP contribution in [0.2, 0.25) is 0 Å². The van der Waals surface area contributed by atoms with Crippen LogP contribution < -0.4 is 0 Å². The number of alkyl halides is 1. The Morgan fingerprint density at radius 2 is 2.19 bits per heavy atom. The molecule has 1 aromatic heterocycles. The summed E-state index contributed by atoms with van der Waals surface area (Å²) in [5.74, 6) is -0.608. The van der Waals surface area contributed by atoms with Crippen LogP contribution in [0.25, 0.3) is 17.0 Å². The number of nitrogens with one attached hydrogen (secondary N) is 1. The molecule has 0 fully saturated rings. The second-order valence-electron chi connectivity index (χ2n) is 3.32. The highest BCUT2D eigenvalue weighted by Gasteiger charge is 2.13. The number of halogens is 1. The minimum atomic E-state index is -0.967. The number of benzene rings is 1. The number of hydrogen-bond acceptors (Lipinski definition) is 1. The van der Waals surface area contributed by atoms with Crippen molar-refractivity contribution in [2.24, 2.45) is 0 Å². The number of fused-ring (bicyclic) bond motifs is 1. The molecule has 2 N–H and O–H groups in total. The molecule has 0 radical (unpaired) electrons. The van der Waals surface area contributed by atoms with Gasteiger partial charge in [-0.25, -0.2) is 4.79 Å². The summed E-state index contributed by atoms with van der Waals surface area (Å²) in [4.78, 5) is 13.9. The Labute approximate surface area is 97.4 Å². The fourth-order valence-corrected chi connectivity index (χ4v) is 1.76. The average molecular weight is 236 g/mol. The Morgan fingerprint density at radius 1 is 1.44 bits per heavy atom. The van der Waals surface area contributed by atoms with Crippen molar-refractivity contribution in [2.75, 3.05) is 5.88 Å². The van der Waals surface area contributed by atoms with Gasteiger partial charge in [-0.1, -0.05) is 30.4 Å². The third-order valence-corrected chi connectivity index (χ3v) is 2.51. The van der Waals surface area contributed by atoms with E-state index < -0.39 is 5.97 Å². The second-order valence-corrected chi connectivity index (χ2v) is 3.63. The Kier molecular flexibility index (Phi) is 2.97. The molecule has 2 aromatic rings. The number of aromatic nitrogens is 1. The minimum Gasteiger partial charge on any atom is -0.477 e. The van der Waals surface area contributed by atoms with Gasteiger partial charge in [0.05, 0.1) is 0 Å². The third-order valence-electron chi connectivity index (χ3n) is 2.33. The van der Waals surface area contributed by atoms with Gasteiger partial charge in [-0.05, 0) is 6.07 Å².